The number of thiazole rings is 1. The molecule has 0 atom stereocenters. The van der Waals surface area contributed by atoms with Crippen molar-refractivity contribution in [2.75, 3.05) is 6.54 Å². The number of aromatic nitrogens is 1. The van der Waals surface area contributed by atoms with Crippen LogP contribution in [-0.4, -0.2) is 16.5 Å². The largest absolute Gasteiger partial charge is 0.361 e. The molecular formula is C9H6F2N2O2S. The zero-order valence-electron chi connectivity index (χ0n) is 7.89. The molecule has 0 bridgehead atoms. The molecule has 0 unspecified atom stereocenters. The number of para-hydroxylation sites is 1. The average Bonchev–Trinajstić information content (AvgIpc) is 2.59. The summed E-state index contributed by atoms with van der Waals surface area (Å²) in [6.45, 7) is -1.42. The lowest BCUT2D eigenvalue weighted by Crippen LogP contribution is -2.24. The highest BCUT2D eigenvalue weighted by atomic mass is 32.1. The monoisotopic (exact) mass is 244 g/mol. The number of nitro groups is 1. The molecule has 16 heavy (non-hydrogen) atoms. The van der Waals surface area contributed by atoms with Gasteiger partial charge in [-0.25, -0.2) is 4.98 Å². The van der Waals surface area contributed by atoms with Gasteiger partial charge in [-0.1, -0.05) is 12.1 Å². The van der Waals surface area contributed by atoms with Gasteiger partial charge in [0.25, 0.3) is 6.54 Å². The highest BCUT2D eigenvalue weighted by Gasteiger charge is 2.41. The lowest BCUT2D eigenvalue weighted by Gasteiger charge is -2.06. The van der Waals surface area contributed by atoms with E-state index in [0.717, 1.165) is 11.3 Å². The van der Waals surface area contributed by atoms with E-state index in [1.807, 2.05) is 0 Å². The first-order valence-corrected chi connectivity index (χ1v) is 5.16. The summed E-state index contributed by atoms with van der Waals surface area (Å²) in [6, 6.07) is 6.63. The SMILES string of the molecule is O=[N+]([O-])CC(F)(F)c1nc2ccccc2s1. The van der Waals surface area contributed by atoms with Crippen molar-refractivity contribution in [2.24, 2.45) is 0 Å². The quantitative estimate of drug-likeness (QED) is 0.616. The summed E-state index contributed by atoms with van der Waals surface area (Å²) in [7, 11) is 0. The van der Waals surface area contributed by atoms with Crippen LogP contribution in [0.25, 0.3) is 10.2 Å². The third-order valence-electron chi connectivity index (χ3n) is 1.93. The van der Waals surface area contributed by atoms with Crippen LogP contribution in [0.4, 0.5) is 8.78 Å². The van der Waals surface area contributed by atoms with E-state index in [0.29, 0.717) is 10.2 Å². The molecular weight excluding hydrogens is 238 g/mol. The summed E-state index contributed by atoms with van der Waals surface area (Å²) >= 11 is 0.781. The molecule has 84 valence electrons. The maximum absolute atomic E-state index is 13.4. The van der Waals surface area contributed by atoms with Crippen LogP contribution in [-0.2, 0) is 5.92 Å². The van der Waals surface area contributed by atoms with Crippen LogP contribution >= 0.6 is 11.3 Å². The molecule has 0 aliphatic carbocycles. The van der Waals surface area contributed by atoms with Gasteiger partial charge in [-0.3, -0.25) is 10.1 Å². The number of benzene rings is 1. The Morgan fingerprint density at radius 2 is 2.12 bits per heavy atom. The van der Waals surface area contributed by atoms with Crippen molar-refractivity contribution in [1.29, 1.82) is 0 Å². The normalized spacial score (nSPS) is 11.9. The molecule has 0 saturated carbocycles. The molecule has 2 rings (SSSR count). The summed E-state index contributed by atoms with van der Waals surface area (Å²) in [4.78, 5) is 12.8. The van der Waals surface area contributed by atoms with Gasteiger partial charge in [-0.15, -0.1) is 11.3 Å². The zero-order valence-corrected chi connectivity index (χ0v) is 8.71. The van der Waals surface area contributed by atoms with Gasteiger partial charge in [0.1, 0.15) is 0 Å². The summed E-state index contributed by atoms with van der Waals surface area (Å²) < 4.78 is 27.3. The number of halogens is 2. The smallest absolute Gasteiger partial charge is 0.264 e. The van der Waals surface area contributed by atoms with Gasteiger partial charge in [-0.2, -0.15) is 8.78 Å². The van der Waals surface area contributed by atoms with Crippen molar-refractivity contribution in [1.82, 2.24) is 4.98 Å². The lowest BCUT2D eigenvalue weighted by molar-refractivity contribution is -0.507. The van der Waals surface area contributed by atoms with Crippen LogP contribution in [0.1, 0.15) is 5.01 Å². The van der Waals surface area contributed by atoms with Crippen molar-refractivity contribution in [3.05, 3.63) is 39.4 Å². The molecule has 4 nitrogen and oxygen atoms in total. The third kappa shape index (κ3) is 1.99. The minimum Gasteiger partial charge on any atom is -0.264 e. The summed E-state index contributed by atoms with van der Waals surface area (Å²) in [6.07, 6.45) is 0. The number of hydrogen-bond donors (Lipinski definition) is 0. The minimum atomic E-state index is -3.51. The Balaban J connectivity index is 2.43. The predicted molar refractivity (Wildman–Crippen MR) is 55.4 cm³/mol. The Kier molecular flexibility index (Phi) is 2.55. The first kappa shape index (κ1) is 10.9. The van der Waals surface area contributed by atoms with Crippen molar-refractivity contribution >= 4 is 21.6 Å². The second kappa shape index (κ2) is 3.75. The zero-order chi connectivity index (χ0) is 11.8. The number of hydrogen-bond acceptors (Lipinski definition) is 4. The van der Waals surface area contributed by atoms with Crippen LogP contribution in [0.15, 0.2) is 24.3 Å². The Morgan fingerprint density at radius 1 is 1.44 bits per heavy atom. The molecule has 0 aliphatic heterocycles. The summed E-state index contributed by atoms with van der Waals surface area (Å²) in [5.41, 5.74) is 0.436. The standard InChI is InChI=1S/C9H6F2N2O2S/c10-9(11,5-13(14)15)8-12-6-3-1-2-4-7(6)16-8/h1-4H,5H2. The van der Waals surface area contributed by atoms with E-state index < -0.39 is 22.4 Å². The van der Waals surface area contributed by atoms with Gasteiger partial charge in [-0.05, 0) is 12.1 Å². The summed E-state index contributed by atoms with van der Waals surface area (Å²) in [5, 5.41) is 9.60. The Labute approximate surface area is 92.7 Å². The molecule has 1 heterocycles. The number of alkyl halides is 2. The molecule has 1 aromatic heterocycles. The van der Waals surface area contributed by atoms with E-state index in [9.17, 15) is 18.9 Å². The molecule has 1 aromatic carbocycles. The van der Waals surface area contributed by atoms with Gasteiger partial charge in [0, 0.05) is 4.92 Å². The first-order valence-electron chi connectivity index (χ1n) is 4.35. The fourth-order valence-electron chi connectivity index (χ4n) is 1.26. The van der Waals surface area contributed by atoms with Crippen LogP contribution in [0, 0.1) is 10.1 Å². The minimum absolute atomic E-state index is 0.436. The van der Waals surface area contributed by atoms with E-state index in [2.05, 4.69) is 4.98 Å². The van der Waals surface area contributed by atoms with E-state index in [1.165, 1.54) is 0 Å². The van der Waals surface area contributed by atoms with Gasteiger partial charge < -0.3 is 0 Å². The van der Waals surface area contributed by atoms with E-state index in [4.69, 9.17) is 0 Å². The maximum atomic E-state index is 13.4. The first-order chi connectivity index (χ1) is 7.49. The molecule has 0 spiro atoms. The molecule has 0 fully saturated rings. The molecule has 0 amide bonds. The molecule has 0 N–H and O–H groups in total. The second-order valence-corrected chi connectivity index (χ2v) is 4.21. The number of rotatable bonds is 3. The van der Waals surface area contributed by atoms with Crippen LogP contribution < -0.4 is 0 Å². The third-order valence-corrected chi connectivity index (χ3v) is 3.08. The van der Waals surface area contributed by atoms with Gasteiger partial charge >= 0.3 is 5.92 Å². The van der Waals surface area contributed by atoms with E-state index in [-0.39, 0.29) is 0 Å². The Morgan fingerprint density at radius 3 is 2.75 bits per heavy atom. The molecule has 7 heteroatoms. The predicted octanol–water partition coefficient (Wildman–Crippen LogP) is 2.66. The summed E-state index contributed by atoms with van der Waals surface area (Å²) in [5.74, 6) is -3.51. The van der Waals surface area contributed by atoms with E-state index >= 15 is 0 Å². The van der Waals surface area contributed by atoms with Crippen molar-refractivity contribution in [3.8, 4) is 0 Å². The second-order valence-electron chi connectivity index (χ2n) is 3.18. The van der Waals surface area contributed by atoms with Crippen LogP contribution in [0.5, 0.6) is 0 Å². The number of nitrogens with zero attached hydrogens (tertiary/aromatic N) is 2. The highest BCUT2D eigenvalue weighted by Crippen LogP contribution is 2.34. The van der Waals surface area contributed by atoms with Crippen LogP contribution in [0.2, 0.25) is 0 Å². The Bertz CT molecular complexity index is 508. The fraction of sp³-hybridized carbons (Fsp3) is 0.222. The van der Waals surface area contributed by atoms with E-state index in [1.54, 1.807) is 24.3 Å². The van der Waals surface area contributed by atoms with Gasteiger partial charge in [0.15, 0.2) is 5.01 Å². The molecule has 0 radical (unpaired) electrons. The average molecular weight is 244 g/mol. The molecule has 2 aromatic rings. The molecule has 0 saturated heterocycles. The fourth-order valence-corrected chi connectivity index (χ4v) is 2.19. The van der Waals surface area contributed by atoms with Crippen molar-refractivity contribution in [2.45, 2.75) is 5.92 Å². The highest BCUT2D eigenvalue weighted by molar-refractivity contribution is 7.18. The van der Waals surface area contributed by atoms with Gasteiger partial charge in [0.05, 0.1) is 10.2 Å². The number of fused-ring (bicyclic) bond motifs is 1. The van der Waals surface area contributed by atoms with Gasteiger partial charge in [0.2, 0.25) is 0 Å². The van der Waals surface area contributed by atoms with Crippen molar-refractivity contribution in [3.63, 3.8) is 0 Å². The Hall–Kier alpha value is -1.63. The lowest BCUT2D eigenvalue weighted by atomic mass is 10.3. The van der Waals surface area contributed by atoms with Crippen molar-refractivity contribution < 1.29 is 13.7 Å². The van der Waals surface area contributed by atoms with Crippen LogP contribution in [0.3, 0.4) is 0 Å². The molecule has 0 aliphatic rings. The topological polar surface area (TPSA) is 56.0 Å². The maximum Gasteiger partial charge on any atom is 0.361 e.